The predicted molar refractivity (Wildman–Crippen MR) is 112 cm³/mol. The number of guanidine groups is 1. The lowest BCUT2D eigenvalue weighted by Gasteiger charge is -2.21. The third kappa shape index (κ3) is 5.07. The number of aromatic nitrogens is 1. The molecule has 1 aromatic heterocycles. The van der Waals surface area contributed by atoms with E-state index in [1.165, 1.54) is 5.56 Å². The zero-order chi connectivity index (χ0) is 16.8. The standard InChI is InChI=1S/C19H24N4O.HI/c1-20-19(21-13-17-9-6-10-18(22-17)24-2)23-12-11-16(14-23)15-7-4-3-5-8-15;/h3-10,16H,11-14H2,1-2H3,(H,20,21);1H. The summed E-state index contributed by atoms with van der Waals surface area (Å²) in [6, 6.07) is 16.5. The second-order valence-corrected chi connectivity index (χ2v) is 5.91. The fraction of sp³-hybridized carbons (Fsp3) is 0.368. The highest BCUT2D eigenvalue weighted by atomic mass is 127. The van der Waals surface area contributed by atoms with Gasteiger partial charge in [-0.1, -0.05) is 36.4 Å². The van der Waals surface area contributed by atoms with Crippen LogP contribution in [0, 0.1) is 0 Å². The van der Waals surface area contributed by atoms with E-state index in [1.54, 1.807) is 7.11 Å². The van der Waals surface area contributed by atoms with Crippen molar-refractivity contribution in [1.29, 1.82) is 0 Å². The van der Waals surface area contributed by atoms with Crippen LogP contribution in [0.3, 0.4) is 0 Å². The van der Waals surface area contributed by atoms with Crippen molar-refractivity contribution in [1.82, 2.24) is 15.2 Å². The summed E-state index contributed by atoms with van der Waals surface area (Å²) in [6.07, 6.45) is 1.15. The number of hydrogen-bond donors (Lipinski definition) is 1. The SMILES string of the molecule is CN=C(NCc1cccc(OC)n1)N1CCC(c2ccccc2)C1.I. The maximum atomic E-state index is 5.17. The number of aliphatic imine (C=N–C) groups is 1. The van der Waals surface area contributed by atoms with Crippen LogP contribution in [0.15, 0.2) is 53.5 Å². The summed E-state index contributed by atoms with van der Waals surface area (Å²) in [6.45, 7) is 2.65. The summed E-state index contributed by atoms with van der Waals surface area (Å²) >= 11 is 0. The van der Waals surface area contributed by atoms with Gasteiger partial charge in [0.25, 0.3) is 0 Å². The van der Waals surface area contributed by atoms with Gasteiger partial charge in [-0.15, -0.1) is 24.0 Å². The summed E-state index contributed by atoms with van der Waals surface area (Å²) in [5.41, 5.74) is 2.35. The van der Waals surface area contributed by atoms with E-state index >= 15 is 0 Å². The van der Waals surface area contributed by atoms with Crippen molar-refractivity contribution in [2.75, 3.05) is 27.2 Å². The van der Waals surface area contributed by atoms with E-state index in [1.807, 2.05) is 25.2 Å². The molecule has 1 unspecified atom stereocenters. The van der Waals surface area contributed by atoms with Crippen molar-refractivity contribution in [3.05, 3.63) is 59.8 Å². The van der Waals surface area contributed by atoms with E-state index in [2.05, 4.69) is 50.5 Å². The Morgan fingerprint density at radius 2 is 2.04 bits per heavy atom. The first-order chi connectivity index (χ1) is 11.8. The lowest BCUT2D eigenvalue weighted by molar-refractivity contribution is 0.396. The van der Waals surface area contributed by atoms with Gasteiger partial charge in [0.05, 0.1) is 19.3 Å². The van der Waals surface area contributed by atoms with Crippen LogP contribution in [0.2, 0.25) is 0 Å². The molecule has 2 heterocycles. The third-order valence-corrected chi connectivity index (χ3v) is 4.39. The molecular weight excluding hydrogens is 427 g/mol. The third-order valence-electron chi connectivity index (χ3n) is 4.39. The van der Waals surface area contributed by atoms with Crippen molar-refractivity contribution < 1.29 is 4.74 Å². The normalized spacial score (nSPS) is 17.1. The number of nitrogens with one attached hydrogen (secondary N) is 1. The van der Waals surface area contributed by atoms with Gasteiger partial charge in [0.1, 0.15) is 0 Å². The van der Waals surface area contributed by atoms with Crippen molar-refractivity contribution in [3.8, 4) is 5.88 Å². The first-order valence-electron chi connectivity index (χ1n) is 8.30. The van der Waals surface area contributed by atoms with Crippen molar-refractivity contribution in [2.24, 2.45) is 4.99 Å². The first-order valence-corrected chi connectivity index (χ1v) is 8.30. The minimum atomic E-state index is 0. The molecule has 3 rings (SSSR count). The van der Waals surface area contributed by atoms with Crippen LogP contribution < -0.4 is 10.1 Å². The van der Waals surface area contributed by atoms with Gasteiger partial charge in [0.2, 0.25) is 5.88 Å². The lowest BCUT2D eigenvalue weighted by atomic mass is 9.99. The number of nitrogens with zero attached hydrogens (tertiary/aromatic N) is 3. The predicted octanol–water partition coefficient (Wildman–Crippen LogP) is 3.27. The largest absolute Gasteiger partial charge is 0.481 e. The van der Waals surface area contributed by atoms with E-state index in [-0.39, 0.29) is 24.0 Å². The van der Waals surface area contributed by atoms with Crippen molar-refractivity contribution >= 4 is 29.9 Å². The number of ether oxygens (including phenoxy) is 1. The molecule has 0 amide bonds. The Labute approximate surface area is 166 Å². The molecule has 1 atom stereocenters. The molecule has 1 aromatic carbocycles. The first kappa shape index (κ1) is 19.5. The minimum absolute atomic E-state index is 0. The van der Waals surface area contributed by atoms with E-state index in [0.29, 0.717) is 18.3 Å². The van der Waals surface area contributed by atoms with Crippen LogP contribution in [-0.2, 0) is 6.54 Å². The molecule has 6 heteroatoms. The molecule has 0 aliphatic carbocycles. The van der Waals surface area contributed by atoms with Crippen LogP contribution in [-0.4, -0.2) is 43.1 Å². The van der Waals surface area contributed by atoms with Gasteiger partial charge < -0.3 is 15.0 Å². The summed E-state index contributed by atoms with van der Waals surface area (Å²) in [5.74, 6) is 2.13. The highest BCUT2D eigenvalue weighted by molar-refractivity contribution is 14.0. The maximum absolute atomic E-state index is 5.17. The van der Waals surface area contributed by atoms with Gasteiger partial charge in [-0.3, -0.25) is 4.99 Å². The zero-order valence-corrected chi connectivity index (χ0v) is 17.0. The van der Waals surface area contributed by atoms with Gasteiger partial charge in [-0.2, -0.15) is 0 Å². The van der Waals surface area contributed by atoms with Gasteiger partial charge in [0, 0.05) is 32.1 Å². The molecule has 0 bridgehead atoms. The fourth-order valence-electron chi connectivity index (χ4n) is 3.12. The Bertz CT molecular complexity index is 693. The molecule has 0 radical (unpaired) electrons. The van der Waals surface area contributed by atoms with Crippen LogP contribution in [0.25, 0.3) is 0 Å². The van der Waals surface area contributed by atoms with E-state index in [0.717, 1.165) is 31.2 Å². The Balaban J connectivity index is 0.00000225. The summed E-state index contributed by atoms with van der Waals surface area (Å²) in [4.78, 5) is 11.2. The van der Waals surface area contributed by atoms with Crippen LogP contribution in [0.5, 0.6) is 5.88 Å². The average molecular weight is 452 g/mol. The van der Waals surface area contributed by atoms with E-state index in [9.17, 15) is 0 Å². The second-order valence-electron chi connectivity index (χ2n) is 5.91. The number of pyridine rings is 1. The van der Waals surface area contributed by atoms with Crippen LogP contribution in [0.4, 0.5) is 0 Å². The van der Waals surface area contributed by atoms with Crippen LogP contribution >= 0.6 is 24.0 Å². The highest BCUT2D eigenvalue weighted by Gasteiger charge is 2.25. The summed E-state index contributed by atoms with van der Waals surface area (Å²) in [5, 5.41) is 3.41. The molecule has 1 saturated heterocycles. The Kier molecular flexibility index (Phi) is 7.49. The number of rotatable bonds is 4. The minimum Gasteiger partial charge on any atom is -0.481 e. The van der Waals surface area contributed by atoms with E-state index < -0.39 is 0 Å². The van der Waals surface area contributed by atoms with Crippen molar-refractivity contribution in [2.45, 2.75) is 18.9 Å². The smallest absolute Gasteiger partial charge is 0.213 e. The molecule has 5 nitrogen and oxygen atoms in total. The number of hydrogen-bond acceptors (Lipinski definition) is 3. The van der Waals surface area contributed by atoms with Crippen LogP contribution in [0.1, 0.15) is 23.6 Å². The number of methoxy groups -OCH3 is 1. The van der Waals surface area contributed by atoms with Gasteiger partial charge >= 0.3 is 0 Å². The highest BCUT2D eigenvalue weighted by Crippen LogP contribution is 2.26. The summed E-state index contributed by atoms with van der Waals surface area (Å²) in [7, 11) is 3.46. The topological polar surface area (TPSA) is 49.8 Å². The Morgan fingerprint density at radius 1 is 1.24 bits per heavy atom. The maximum Gasteiger partial charge on any atom is 0.213 e. The number of likely N-dealkylation sites (tertiary alicyclic amines) is 1. The Morgan fingerprint density at radius 3 is 2.76 bits per heavy atom. The number of halogens is 1. The average Bonchev–Trinajstić information content (AvgIpc) is 3.13. The van der Waals surface area contributed by atoms with Crippen molar-refractivity contribution in [3.63, 3.8) is 0 Å². The molecule has 1 N–H and O–H groups in total. The molecule has 2 aromatic rings. The van der Waals surface area contributed by atoms with Gasteiger partial charge in [-0.05, 0) is 18.1 Å². The summed E-state index contributed by atoms with van der Waals surface area (Å²) < 4.78 is 5.17. The molecule has 0 saturated carbocycles. The monoisotopic (exact) mass is 452 g/mol. The number of benzene rings is 1. The molecule has 1 aliphatic rings. The Hall–Kier alpha value is -1.83. The zero-order valence-electron chi connectivity index (χ0n) is 14.7. The molecule has 1 fully saturated rings. The second kappa shape index (κ2) is 9.60. The molecule has 134 valence electrons. The molecule has 0 spiro atoms. The van der Waals surface area contributed by atoms with Gasteiger partial charge in [-0.25, -0.2) is 4.98 Å². The lowest BCUT2D eigenvalue weighted by Crippen LogP contribution is -2.39. The van der Waals surface area contributed by atoms with E-state index in [4.69, 9.17) is 4.74 Å². The molecule has 25 heavy (non-hydrogen) atoms. The quantitative estimate of drug-likeness (QED) is 0.440. The fourth-order valence-corrected chi connectivity index (χ4v) is 3.12. The van der Waals surface area contributed by atoms with Gasteiger partial charge in [0.15, 0.2) is 5.96 Å². The molecule has 1 aliphatic heterocycles. The molecular formula is C19H25IN4O.